The first kappa shape index (κ1) is 13.6. The second-order valence-corrected chi connectivity index (χ2v) is 4.99. The molecule has 1 aromatic carbocycles. The van der Waals surface area contributed by atoms with Gasteiger partial charge in [-0.05, 0) is 17.5 Å². The van der Waals surface area contributed by atoms with Gasteiger partial charge >= 0.3 is 5.97 Å². The Morgan fingerprint density at radius 2 is 2.11 bits per heavy atom. The van der Waals surface area contributed by atoms with Crippen LogP contribution >= 0.6 is 11.8 Å². The van der Waals surface area contributed by atoms with Crippen molar-refractivity contribution < 1.29 is 9.90 Å². The van der Waals surface area contributed by atoms with E-state index in [1.807, 2.05) is 16.7 Å². The van der Waals surface area contributed by atoms with Crippen molar-refractivity contribution in [1.29, 1.82) is 0 Å². The van der Waals surface area contributed by atoms with Gasteiger partial charge < -0.3 is 9.67 Å². The van der Waals surface area contributed by atoms with Gasteiger partial charge in [0.15, 0.2) is 5.16 Å². The Labute approximate surface area is 115 Å². The van der Waals surface area contributed by atoms with Crippen molar-refractivity contribution in [3.05, 3.63) is 41.7 Å². The molecule has 2 aromatic rings. The number of rotatable bonds is 6. The largest absolute Gasteiger partial charge is 0.481 e. The average Bonchev–Trinajstić information content (AvgIpc) is 2.84. The first-order chi connectivity index (χ1) is 9.20. The molecule has 0 aliphatic heterocycles. The molecule has 1 heterocycles. The van der Waals surface area contributed by atoms with Crippen LogP contribution in [0, 0.1) is 0 Å². The number of benzene rings is 1. The first-order valence-corrected chi connectivity index (χ1v) is 6.98. The minimum absolute atomic E-state index is 0.00584. The average molecular weight is 277 g/mol. The van der Waals surface area contributed by atoms with Crippen LogP contribution in [-0.2, 0) is 17.8 Å². The Hall–Kier alpha value is -1.82. The molecule has 100 valence electrons. The third kappa shape index (κ3) is 3.57. The lowest BCUT2D eigenvalue weighted by atomic mass is 10.1. The highest BCUT2D eigenvalue weighted by Gasteiger charge is 2.09. The van der Waals surface area contributed by atoms with Gasteiger partial charge in [-0.1, -0.05) is 43.0 Å². The fourth-order valence-corrected chi connectivity index (χ4v) is 2.47. The first-order valence-electron chi connectivity index (χ1n) is 6.00. The summed E-state index contributed by atoms with van der Waals surface area (Å²) in [7, 11) is 0. The minimum atomic E-state index is -0.853. The Morgan fingerprint density at radius 1 is 1.37 bits per heavy atom. The van der Waals surface area contributed by atoms with Gasteiger partial charge in [0.05, 0.1) is 12.3 Å². The van der Waals surface area contributed by atoms with E-state index in [0.29, 0.717) is 11.7 Å². The number of hydrogen-bond donors (Lipinski definition) is 1. The lowest BCUT2D eigenvalue weighted by molar-refractivity contribution is -0.133. The molecule has 0 fully saturated rings. The lowest BCUT2D eigenvalue weighted by Gasteiger charge is -2.09. The predicted molar refractivity (Wildman–Crippen MR) is 73.3 cm³/mol. The topological polar surface area (TPSA) is 68.0 Å². The van der Waals surface area contributed by atoms with E-state index in [4.69, 9.17) is 5.11 Å². The minimum Gasteiger partial charge on any atom is -0.481 e. The molecular formula is C13H15N3O2S. The number of thioether (sulfide) groups is 1. The molecule has 6 heteroatoms. The molecule has 5 nitrogen and oxygen atoms in total. The summed E-state index contributed by atoms with van der Waals surface area (Å²) < 4.78 is 1.88. The summed E-state index contributed by atoms with van der Waals surface area (Å²) in [4.78, 5) is 10.6. The van der Waals surface area contributed by atoms with Crippen molar-refractivity contribution in [2.75, 3.05) is 5.75 Å². The van der Waals surface area contributed by atoms with Crippen LogP contribution in [0.4, 0.5) is 0 Å². The molecule has 0 saturated heterocycles. The molecule has 1 aromatic heterocycles. The fourth-order valence-electron chi connectivity index (χ4n) is 1.83. The fraction of sp³-hybridized carbons (Fsp3) is 0.308. The van der Waals surface area contributed by atoms with E-state index in [9.17, 15) is 4.79 Å². The van der Waals surface area contributed by atoms with Crippen molar-refractivity contribution in [2.24, 2.45) is 0 Å². The number of carbonyl (C=O) groups is 1. The zero-order chi connectivity index (χ0) is 13.7. The van der Waals surface area contributed by atoms with E-state index >= 15 is 0 Å². The van der Waals surface area contributed by atoms with E-state index in [1.165, 1.54) is 22.9 Å². The summed E-state index contributed by atoms with van der Waals surface area (Å²) >= 11 is 1.18. The summed E-state index contributed by atoms with van der Waals surface area (Å²) in [5.41, 5.74) is 2.49. The smallest absolute Gasteiger partial charge is 0.313 e. The van der Waals surface area contributed by atoms with Crippen LogP contribution in [0.3, 0.4) is 0 Å². The van der Waals surface area contributed by atoms with Gasteiger partial charge in [0.1, 0.15) is 6.33 Å². The van der Waals surface area contributed by atoms with Gasteiger partial charge in [-0.3, -0.25) is 4.79 Å². The summed E-state index contributed by atoms with van der Waals surface area (Å²) in [5, 5.41) is 17.1. The van der Waals surface area contributed by atoms with Crippen LogP contribution in [0.25, 0.3) is 0 Å². The molecule has 0 atom stereocenters. The van der Waals surface area contributed by atoms with Crippen LogP contribution in [0.15, 0.2) is 35.7 Å². The Morgan fingerprint density at radius 3 is 2.79 bits per heavy atom. The molecule has 19 heavy (non-hydrogen) atoms. The molecule has 0 spiro atoms. The quantitative estimate of drug-likeness (QED) is 0.819. The maximum atomic E-state index is 10.6. The molecule has 2 rings (SSSR count). The van der Waals surface area contributed by atoms with E-state index in [2.05, 4.69) is 29.3 Å². The van der Waals surface area contributed by atoms with Crippen LogP contribution in [0.2, 0.25) is 0 Å². The number of carboxylic acid groups (broad SMARTS) is 1. The predicted octanol–water partition coefficient (Wildman–Crippen LogP) is 2.07. The molecule has 1 N–H and O–H groups in total. The van der Waals surface area contributed by atoms with E-state index in [-0.39, 0.29) is 5.75 Å². The van der Waals surface area contributed by atoms with Gasteiger partial charge in [-0.15, -0.1) is 10.2 Å². The summed E-state index contributed by atoms with van der Waals surface area (Å²) in [6.45, 7) is 2.78. The maximum Gasteiger partial charge on any atom is 0.313 e. The number of aryl methyl sites for hydroxylation is 1. The highest BCUT2D eigenvalue weighted by atomic mass is 32.2. The third-order valence-electron chi connectivity index (χ3n) is 2.74. The summed E-state index contributed by atoms with van der Waals surface area (Å²) in [6.07, 6.45) is 2.60. The Bertz CT molecular complexity index is 569. The number of carboxylic acids is 1. The molecule has 0 amide bonds. The number of hydrogen-bond acceptors (Lipinski definition) is 4. The van der Waals surface area contributed by atoms with E-state index in [1.54, 1.807) is 6.33 Å². The van der Waals surface area contributed by atoms with Crippen molar-refractivity contribution >= 4 is 17.7 Å². The van der Waals surface area contributed by atoms with Crippen LogP contribution in [-0.4, -0.2) is 31.6 Å². The number of aromatic nitrogens is 3. The molecular weight excluding hydrogens is 262 g/mol. The van der Waals surface area contributed by atoms with Crippen molar-refractivity contribution in [1.82, 2.24) is 14.8 Å². The van der Waals surface area contributed by atoms with Crippen molar-refractivity contribution in [2.45, 2.75) is 25.0 Å². The van der Waals surface area contributed by atoms with Gasteiger partial charge in [0.2, 0.25) is 0 Å². The standard InChI is InChI=1S/C13H15N3O2S/c1-2-10-5-3-4-6-11(10)7-16-9-14-15-13(16)19-8-12(17)18/h3-6,9H,2,7-8H2,1H3,(H,17,18). The highest BCUT2D eigenvalue weighted by molar-refractivity contribution is 7.99. The zero-order valence-electron chi connectivity index (χ0n) is 10.6. The second kappa shape index (κ2) is 6.38. The second-order valence-electron chi connectivity index (χ2n) is 4.05. The monoisotopic (exact) mass is 277 g/mol. The molecule has 0 bridgehead atoms. The van der Waals surface area contributed by atoms with Gasteiger partial charge in [-0.25, -0.2) is 0 Å². The lowest BCUT2D eigenvalue weighted by Crippen LogP contribution is -2.05. The highest BCUT2D eigenvalue weighted by Crippen LogP contribution is 2.17. The van der Waals surface area contributed by atoms with Gasteiger partial charge in [-0.2, -0.15) is 0 Å². The third-order valence-corrected chi connectivity index (χ3v) is 3.71. The van der Waals surface area contributed by atoms with E-state index < -0.39 is 5.97 Å². The van der Waals surface area contributed by atoms with Crippen molar-refractivity contribution in [3.8, 4) is 0 Å². The van der Waals surface area contributed by atoms with Crippen molar-refractivity contribution in [3.63, 3.8) is 0 Å². The van der Waals surface area contributed by atoms with Crippen LogP contribution in [0.5, 0.6) is 0 Å². The Kier molecular flexibility index (Phi) is 4.57. The molecule has 0 aliphatic rings. The van der Waals surface area contributed by atoms with Crippen LogP contribution < -0.4 is 0 Å². The van der Waals surface area contributed by atoms with E-state index in [0.717, 1.165) is 6.42 Å². The molecule has 0 radical (unpaired) electrons. The SMILES string of the molecule is CCc1ccccc1Cn1cnnc1SCC(=O)O. The number of aliphatic carboxylic acids is 1. The Balaban J connectivity index is 2.15. The maximum absolute atomic E-state index is 10.6. The molecule has 0 unspecified atom stereocenters. The summed E-state index contributed by atoms with van der Waals surface area (Å²) in [6, 6.07) is 8.20. The molecule has 0 aliphatic carbocycles. The normalized spacial score (nSPS) is 10.6. The van der Waals surface area contributed by atoms with Gasteiger partial charge in [0.25, 0.3) is 0 Å². The molecule has 0 saturated carbocycles. The number of nitrogens with zero attached hydrogens (tertiary/aromatic N) is 3. The van der Waals surface area contributed by atoms with Crippen LogP contribution in [0.1, 0.15) is 18.1 Å². The van der Waals surface area contributed by atoms with Gasteiger partial charge in [0, 0.05) is 0 Å². The zero-order valence-corrected chi connectivity index (χ0v) is 11.4. The summed E-state index contributed by atoms with van der Waals surface area (Å²) in [5.74, 6) is -0.859.